The third-order valence-corrected chi connectivity index (χ3v) is 3.55. The van der Waals surface area contributed by atoms with Crippen molar-refractivity contribution in [1.82, 2.24) is 0 Å². The van der Waals surface area contributed by atoms with Crippen LogP contribution in [0.5, 0.6) is 17.2 Å². The molecule has 0 aromatic heterocycles. The molecule has 0 saturated carbocycles. The van der Waals surface area contributed by atoms with Gasteiger partial charge in [-0.15, -0.1) is 0 Å². The third-order valence-electron chi connectivity index (χ3n) is 3.55. The van der Waals surface area contributed by atoms with Gasteiger partial charge in [-0.1, -0.05) is 13.8 Å². The van der Waals surface area contributed by atoms with E-state index in [1.807, 2.05) is 6.07 Å². The normalized spacial score (nSPS) is 13.9. The molecular weight excluding hydrogens is 270 g/mol. The van der Waals surface area contributed by atoms with Gasteiger partial charge in [0.2, 0.25) is 5.75 Å². The van der Waals surface area contributed by atoms with Crippen LogP contribution in [0, 0.1) is 5.92 Å². The van der Waals surface area contributed by atoms with Crippen LogP contribution in [-0.4, -0.2) is 32.5 Å². The first-order valence-corrected chi connectivity index (χ1v) is 7.18. The maximum atomic E-state index is 10.3. The number of methoxy groups -OCH3 is 3. The molecule has 0 bridgehead atoms. The van der Waals surface area contributed by atoms with E-state index in [2.05, 4.69) is 13.8 Å². The first kappa shape index (κ1) is 17.6. The predicted octanol–water partition coefficient (Wildman–Crippen LogP) is 2.51. The SMILES string of the molecule is COc1ccc([C@@H](N)[C@@H](O)CCC(C)C)c(OC)c1OC. The molecule has 5 heteroatoms. The maximum Gasteiger partial charge on any atom is 0.203 e. The molecule has 0 aliphatic carbocycles. The van der Waals surface area contributed by atoms with Gasteiger partial charge >= 0.3 is 0 Å². The second kappa shape index (κ2) is 8.10. The van der Waals surface area contributed by atoms with Crippen LogP contribution in [-0.2, 0) is 0 Å². The van der Waals surface area contributed by atoms with Crippen LogP contribution < -0.4 is 19.9 Å². The fourth-order valence-corrected chi connectivity index (χ4v) is 2.28. The molecule has 0 radical (unpaired) electrons. The Kier molecular flexibility index (Phi) is 6.78. The van der Waals surface area contributed by atoms with Crippen molar-refractivity contribution in [2.75, 3.05) is 21.3 Å². The molecule has 1 aromatic carbocycles. The predicted molar refractivity (Wildman–Crippen MR) is 83.1 cm³/mol. The molecule has 3 N–H and O–H groups in total. The lowest BCUT2D eigenvalue weighted by Gasteiger charge is -2.23. The molecule has 2 atom stereocenters. The van der Waals surface area contributed by atoms with Gasteiger partial charge in [0.15, 0.2) is 11.5 Å². The second-order valence-electron chi connectivity index (χ2n) is 5.49. The molecule has 0 saturated heterocycles. The highest BCUT2D eigenvalue weighted by Gasteiger charge is 2.24. The minimum absolute atomic E-state index is 0.490. The quantitative estimate of drug-likeness (QED) is 0.771. The number of rotatable bonds is 8. The highest BCUT2D eigenvalue weighted by molar-refractivity contribution is 5.56. The van der Waals surface area contributed by atoms with Gasteiger partial charge in [-0.25, -0.2) is 0 Å². The molecule has 21 heavy (non-hydrogen) atoms. The molecular formula is C16H27NO4. The molecule has 120 valence electrons. The Morgan fingerprint density at radius 2 is 1.62 bits per heavy atom. The lowest BCUT2D eigenvalue weighted by Crippen LogP contribution is -2.27. The third kappa shape index (κ3) is 4.25. The summed E-state index contributed by atoms with van der Waals surface area (Å²) in [5.74, 6) is 2.10. The molecule has 0 unspecified atom stereocenters. The van der Waals surface area contributed by atoms with Crippen LogP contribution in [0.1, 0.15) is 38.3 Å². The number of aliphatic hydroxyl groups is 1. The van der Waals surface area contributed by atoms with Crippen molar-refractivity contribution < 1.29 is 19.3 Å². The van der Waals surface area contributed by atoms with Gasteiger partial charge in [0.05, 0.1) is 33.5 Å². The van der Waals surface area contributed by atoms with E-state index in [-0.39, 0.29) is 0 Å². The highest BCUT2D eigenvalue weighted by atomic mass is 16.5. The van der Waals surface area contributed by atoms with Crippen LogP contribution in [0.4, 0.5) is 0 Å². The second-order valence-corrected chi connectivity index (χ2v) is 5.49. The van der Waals surface area contributed by atoms with Gasteiger partial charge in [0.25, 0.3) is 0 Å². The number of hydrogen-bond acceptors (Lipinski definition) is 5. The van der Waals surface area contributed by atoms with Gasteiger partial charge in [-0.05, 0) is 30.9 Å². The van der Waals surface area contributed by atoms with Crippen LogP contribution >= 0.6 is 0 Å². The first-order chi connectivity index (χ1) is 9.96. The topological polar surface area (TPSA) is 73.9 Å². The largest absolute Gasteiger partial charge is 0.493 e. The van der Waals surface area contributed by atoms with E-state index in [1.54, 1.807) is 27.4 Å². The van der Waals surface area contributed by atoms with Gasteiger partial charge < -0.3 is 25.1 Å². The standard InChI is InChI=1S/C16H27NO4/c1-10(2)6-8-12(18)14(17)11-7-9-13(19-3)16(21-5)15(11)20-4/h7,9-10,12,14,18H,6,8,17H2,1-5H3/t12-,14+/m0/s1. The molecule has 0 heterocycles. The van der Waals surface area contributed by atoms with Crippen LogP contribution in [0.3, 0.4) is 0 Å². The fourth-order valence-electron chi connectivity index (χ4n) is 2.28. The minimum Gasteiger partial charge on any atom is -0.493 e. The van der Waals surface area contributed by atoms with Crippen molar-refractivity contribution in [2.45, 2.75) is 38.8 Å². The molecule has 1 rings (SSSR count). The lowest BCUT2D eigenvalue weighted by atomic mass is 9.95. The first-order valence-electron chi connectivity index (χ1n) is 7.18. The van der Waals surface area contributed by atoms with E-state index in [0.29, 0.717) is 35.2 Å². The summed E-state index contributed by atoms with van der Waals surface area (Å²) in [6.45, 7) is 4.24. The average Bonchev–Trinajstić information content (AvgIpc) is 2.49. The van der Waals surface area contributed by atoms with Crippen molar-refractivity contribution >= 4 is 0 Å². The summed E-state index contributed by atoms with van der Waals surface area (Å²) in [4.78, 5) is 0. The van der Waals surface area contributed by atoms with E-state index >= 15 is 0 Å². The van der Waals surface area contributed by atoms with Crippen molar-refractivity contribution in [1.29, 1.82) is 0 Å². The number of nitrogens with two attached hydrogens (primary N) is 1. The Hall–Kier alpha value is -1.46. The van der Waals surface area contributed by atoms with Crippen LogP contribution in [0.25, 0.3) is 0 Å². The molecule has 5 nitrogen and oxygen atoms in total. The summed E-state index contributed by atoms with van der Waals surface area (Å²) in [6.07, 6.45) is 0.945. The molecule has 0 aliphatic rings. The zero-order chi connectivity index (χ0) is 16.0. The van der Waals surface area contributed by atoms with Gasteiger partial charge in [-0.3, -0.25) is 0 Å². The smallest absolute Gasteiger partial charge is 0.203 e. The summed E-state index contributed by atoms with van der Waals surface area (Å²) < 4.78 is 16.0. The Balaban J connectivity index is 3.06. The number of hydrogen-bond donors (Lipinski definition) is 2. The molecule has 0 amide bonds. The number of aliphatic hydroxyl groups excluding tert-OH is 1. The zero-order valence-electron chi connectivity index (χ0n) is 13.6. The fraction of sp³-hybridized carbons (Fsp3) is 0.625. The molecule has 1 aromatic rings. The monoisotopic (exact) mass is 297 g/mol. The van der Waals surface area contributed by atoms with Crippen molar-refractivity contribution in [3.8, 4) is 17.2 Å². The van der Waals surface area contributed by atoms with E-state index in [4.69, 9.17) is 19.9 Å². The Bertz CT molecular complexity index is 448. The van der Waals surface area contributed by atoms with Crippen molar-refractivity contribution in [3.63, 3.8) is 0 Å². The maximum absolute atomic E-state index is 10.3. The summed E-state index contributed by atoms with van der Waals surface area (Å²) in [7, 11) is 4.66. The lowest BCUT2D eigenvalue weighted by molar-refractivity contribution is 0.127. The van der Waals surface area contributed by atoms with Crippen molar-refractivity contribution in [2.24, 2.45) is 11.7 Å². The average molecular weight is 297 g/mol. The van der Waals surface area contributed by atoms with E-state index < -0.39 is 12.1 Å². The van der Waals surface area contributed by atoms with Crippen LogP contribution in [0.15, 0.2) is 12.1 Å². The summed E-state index contributed by atoms with van der Waals surface area (Å²) in [5, 5.41) is 10.3. The van der Waals surface area contributed by atoms with Gasteiger partial charge in [-0.2, -0.15) is 0 Å². The number of benzene rings is 1. The van der Waals surface area contributed by atoms with Gasteiger partial charge in [0, 0.05) is 5.56 Å². The van der Waals surface area contributed by atoms with Gasteiger partial charge in [0.1, 0.15) is 0 Å². The Morgan fingerprint density at radius 3 is 2.10 bits per heavy atom. The minimum atomic E-state index is -0.626. The molecule has 0 aliphatic heterocycles. The van der Waals surface area contributed by atoms with E-state index in [9.17, 15) is 5.11 Å². The van der Waals surface area contributed by atoms with E-state index in [0.717, 1.165) is 6.42 Å². The molecule has 0 spiro atoms. The molecule has 0 fully saturated rings. The Morgan fingerprint density at radius 1 is 1.00 bits per heavy atom. The number of ether oxygens (including phenoxy) is 3. The Labute approximate surface area is 127 Å². The van der Waals surface area contributed by atoms with Crippen molar-refractivity contribution in [3.05, 3.63) is 17.7 Å². The summed E-state index contributed by atoms with van der Waals surface area (Å²) in [6, 6.07) is 3.05. The summed E-state index contributed by atoms with van der Waals surface area (Å²) >= 11 is 0. The highest BCUT2D eigenvalue weighted by Crippen LogP contribution is 2.42. The van der Waals surface area contributed by atoms with Crippen LogP contribution in [0.2, 0.25) is 0 Å². The van der Waals surface area contributed by atoms with E-state index in [1.165, 1.54) is 0 Å². The zero-order valence-corrected chi connectivity index (χ0v) is 13.6. The summed E-state index contributed by atoms with van der Waals surface area (Å²) in [5.41, 5.74) is 6.90.